The van der Waals surface area contributed by atoms with E-state index in [1.807, 2.05) is 0 Å². The number of rotatable bonds is 0. The predicted molar refractivity (Wildman–Crippen MR) is 38.0 cm³/mol. The van der Waals surface area contributed by atoms with Crippen molar-refractivity contribution in [1.82, 2.24) is 0 Å². The maximum atomic E-state index is 9.16. The Hall–Kier alpha value is -0.580. The molecule has 0 saturated carbocycles. The van der Waals surface area contributed by atoms with Gasteiger partial charge in [-0.05, 0) is 12.5 Å². The molecule has 0 bridgehead atoms. The third-order valence-electron chi connectivity index (χ3n) is 1.99. The van der Waals surface area contributed by atoms with E-state index in [-0.39, 0.29) is 17.8 Å². The summed E-state index contributed by atoms with van der Waals surface area (Å²) < 4.78 is 0. The summed E-state index contributed by atoms with van der Waals surface area (Å²) >= 11 is 0. The van der Waals surface area contributed by atoms with Gasteiger partial charge in [-0.1, -0.05) is 0 Å². The molecular weight excluding hydrogens is 148 g/mol. The van der Waals surface area contributed by atoms with E-state index in [4.69, 9.17) is 20.4 Å². The molecule has 0 radical (unpaired) electrons. The van der Waals surface area contributed by atoms with Crippen molar-refractivity contribution < 1.29 is 20.4 Å². The Morgan fingerprint density at radius 2 is 1.82 bits per heavy atom. The first-order valence-electron chi connectivity index (χ1n) is 3.48. The molecule has 0 aromatic rings. The van der Waals surface area contributed by atoms with Crippen LogP contribution in [0, 0.1) is 0 Å². The molecule has 0 aliphatic heterocycles. The van der Waals surface area contributed by atoms with Crippen LogP contribution in [0.4, 0.5) is 0 Å². The van der Waals surface area contributed by atoms with Gasteiger partial charge in [0.2, 0.25) is 0 Å². The van der Waals surface area contributed by atoms with Gasteiger partial charge in [0.05, 0.1) is 6.10 Å². The molecule has 0 aromatic carbocycles. The molecule has 0 saturated heterocycles. The number of hydrogen-bond acceptors (Lipinski definition) is 4. The Bertz CT molecular complexity index is 187. The molecule has 0 amide bonds. The Morgan fingerprint density at radius 3 is 2.36 bits per heavy atom. The minimum Gasteiger partial charge on any atom is -0.510 e. The summed E-state index contributed by atoms with van der Waals surface area (Å²) in [4.78, 5) is 0. The lowest BCUT2D eigenvalue weighted by Gasteiger charge is -2.27. The quantitative estimate of drug-likeness (QED) is 0.378. The highest BCUT2D eigenvalue weighted by Crippen LogP contribution is 2.23. The molecule has 64 valence electrons. The Morgan fingerprint density at radius 1 is 1.27 bits per heavy atom. The highest BCUT2D eigenvalue weighted by Gasteiger charge is 2.31. The van der Waals surface area contributed by atoms with Gasteiger partial charge in [-0.3, -0.25) is 0 Å². The fourth-order valence-corrected chi connectivity index (χ4v) is 1.17. The first-order chi connectivity index (χ1) is 5.04. The monoisotopic (exact) mass is 160 g/mol. The van der Waals surface area contributed by atoms with Crippen molar-refractivity contribution in [3.8, 4) is 0 Å². The third-order valence-corrected chi connectivity index (χ3v) is 1.99. The van der Waals surface area contributed by atoms with Gasteiger partial charge < -0.3 is 20.4 Å². The van der Waals surface area contributed by atoms with Crippen LogP contribution < -0.4 is 0 Å². The van der Waals surface area contributed by atoms with Crippen LogP contribution in [0.3, 0.4) is 0 Å². The van der Waals surface area contributed by atoms with Gasteiger partial charge in [-0.25, -0.2) is 0 Å². The van der Waals surface area contributed by atoms with Crippen molar-refractivity contribution in [2.75, 3.05) is 0 Å². The highest BCUT2D eigenvalue weighted by molar-refractivity contribution is 5.19. The smallest absolute Gasteiger partial charge is 0.122 e. The third kappa shape index (κ3) is 1.38. The molecule has 11 heavy (non-hydrogen) atoms. The van der Waals surface area contributed by atoms with E-state index in [1.54, 1.807) is 0 Å². The van der Waals surface area contributed by atoms with Gasteiger partial charge in [0.15, 0.2) is 0 Å². The van der Waals surface area contributed by atoms with E-state index in [0.717, 1.165) is 0 Å². The van der Waals surface area contributed by atoms with E-state index in [2.05, 4.69) is 0 Å². The Balaban J connectivity index is 2.89. The van der Waals surface area contributed by atoms with Gasteiger partial charge in [0, 0.05) is 6.42 Å². The van der Waals surface area contributed by atoms with Crippen LogP contribution in [-0.4, -0.2) is 38.7 Å². The van der Waals surface area contributed by atoms with Crippen molar-refractivity contribution in [3.63, 3.8) is 0 Å². The molecule has 4 N–H and O–H groups in total. The molecule has 0 unspecified atom stereocenters. The van der Waals surface area contributed by atoms with E-state index in [1.165, 1.54) is 6.92 Å². The van der Waals surface area contributed by atoms with Crippen molar-refractivity contribution in [2.24, 2.45) is 0 Å². The number of aliphatic hydroxyl groups excluding tert-OH is 4. The van der Waals surface area contributed by atoms with Crippen LogP contribution in [0.5, 0.6) is 0 Å². The van der Waals surface area contributed by atoms with Gasteiger partial charge in [-0.2, -0.15) is 0 Å². The van der Waals surface area contributed by atoms with Crippen LogP contribution in [0.15, 0.2) is 11.3 Å². The second-order valence-electron chi connectivity index (χ2n) is 2.83. The molecule has 1 rings (SSSR count). The SMILES string of the molecule is CC1=C(O)[C@@H](O)C[C@H](O)[C@H]1O. The summed E-state index contributed by atoms with van der Waals surface area (Å²) in [7, 11) is 0. The van der Waals surface area contributed by atoms with Crippen molar-refractivity contribution in [2.45, 2.75) is 31.7 Å². The summed E-state index contributed by atoms with van der Waals surface area (Å²) in [6, 6.07) is 0. The van der Waals surface area contributed by atoms with E-state index in [0.29, 0.717) is 0 Å². The molecular formula is C7H12O4. The topological polar surface area (TPSA) is 80.9 Å². The molecule has 4 heteroatoms. The summed E-state index contributed by atoms with van der Waals surface area (Å²) in [5, 5.41) is 36.4. The second-order valence-corrected chi connectivity index (χ2v) is 2.83. The van der Waals surface area contributed by atoms with Crippen molar-refractivity contribution in [1.29, 1.82) is 0 Å². The zero-order chi connectivity index (χ0) is 8.59. The van der Waals surface area contributed by atoms with Crippen LogP contribution in [0.25, 0.3) is 0 Å². The maximum absolute atomic E-state index is 9.16. The molecule has 0 fully saturated rings. The fraction of sp³-hybridized carbons (Fsp3) is 0.714. The van der Waals surface area contributed by atoms with Gasteiger partial charge in [0.25, 0.3) is 0 Å². The molecule has 4 nitrogen and oxygen atoms in total. The van der Waals surface area contributed by atoms with Gasteiger partial charge in [0.1, 0.15) is 18.0 Å². The first-order valence-corrected chi connectivity index (χ1v) is 3.48. The lowest BCUT2D eigenvalue weighted by atomic mass is 9.91. The number of hydrogen-bond donors (Lipinski definition) is 4. The van der Waals surface area contributed by atoms with Crippen LogP contribution in [-0.2, 0) is 0 Å². The van der Waals surface area contributed by atoms with Crippen molar-refractivity contribution in [3.05, 3.63) is 11.3 Å². The highest BCUT2D eigenvalue weighted by atomic mass is 16.3. The average molecular weight is 160 g/mol. The molecule has 1 aliphatic rings. The summed E-state index contributed by atoms with van der Waals surface area (Å²) in [6.07, 6.45) is -3.06. The molecule has 3 atom stereocenters. The van der Waals surface area contributed by atoms with Gasteiger partial charge >= 0.3 is 0 Å². The maximum Gasteiger partial charge on any atom is 0.122 e. The summed E-state index contributed by atoms with van der Waals surface area (Å²) in [5.41, 5.74) is 0.247. The fourth-order valence-electron chi connectivity index (χ4n) is 1.17. The van der Waals surface area contributed by atoms with E-state index in [9.17, 15) is 0 Å². The van der Waals surface area contributed by atoms with E-state index >= 15 is 0 Å². The van der Waals surface area contributed by atoms with E-state index < -0.39 is 18.3 Å². The van der Waals surface area contributed by atoms with Crippen molar-refractivity contribution >= 4 is 0 Å². The largest absolute Gasteiger partial charge is 0.510 e. The molecule has 0 aromatic heterocycles. The standard InChI is InChI=1S/C7H12O4/c1-3-6(10)4(8)2-5(9)7(3)11/h4-6,8-11H,2H2,1H3/t4-,5-,6-/m0/s1. The lowest BCUT2D eigenvalue weighted by Crippen LogP contribution is -2.37. The number of aliphatic hydroxyl groups is 4. The zero-order valence-corrected chi connectivity index (χ0v) is 6.23. The molecule has 0 heterocycles. The molecule has 1 aliphatic carbocycles. The Labute approximate surface area is 64.4 Å². The van der Waals surface area contributed by atoms with Crippen LogP contribution in [0.2, 0.25) is 0 Å². The predicted octanol–water partition coefficient (Wildman–Crippen LogP) is -0.695. The minimum atomic E-state index is -1.04. The molecule has 0 spiro atoms. The lowest BCUT2D eigenvalue weighted by molar-refractivity contribution is -0.0154. The first kappa shape index (κ1) is 8.52. The average Bonchev–Trinajstić information content (AvgIpc) is 1.97. The minimum absolute atomic E-state index is 0.00958. The normalized spacial score (nSPS) is 39.5. The van der Waals surface area contributed by atoms with Crippen LogP contribution >= 0.6 is 0 Å². The summed E-state index contributed by atoms with van der Waals surface area (Å²) in [5.74, 6) is -0.220. The van der Waals surface area contributed by atoms with Crippen LogP contribution in [0.1, 0.15) is 13.3 Å². The Kier molecular flexibility index (Phi) is 2.17. The second kappa shape index (κ2) is 2.81. The zero-order valence-electron chi connectivity index (χ0n) is 6.23. The van der Waals surface area contributed by atoms with Gasteiger partial charge in [-0.15, -0.1) is 0 Å². The summed E-state index contributed by atoms with van der Waals surface area (Å²) in [6.45, 7) is 1.48.